The van der Waals surface area contributed by atoms with E-state index in [0.717, 1.165) is 6.21 Å². The Morgan fingerprint density at radius 1 is 1.79 bits per heavy atom. The maximum absolute atomic E-state index is 10.2. The summed E-state index contributed by atoms with van der Waals surface area (Å²) in [6.07, 6.45) is 1.15. The Labute approximate surface area is 78.0 Å². The highest BCUT2D eigenvalue weighted by atomic mass is 16.6. The van der Waals surface area contributed by atoms with Gasteiger partial charge < -0.3 is 4.42 Å². The summed E-state index contributed by atoms with van der Waals surface area (Å²) in [5.41, 5.74) is 1.97. The summed E-state index contributed by atoms with van der Waals surface area (Å²) in [5, 5.41) is 17.2. The van der Waals surface area contributed by atoms with Gasteiger partial charge in [0, 0.05) is 0 Å². The van der Waals surface area contributed by atoms with Crippen LogP contribution in [0.3, 0.4) is 0 Å². The predicted molar refractivity (Wildman–Crippen MR) is 48.0 cm³/mol. The van der Waals surface area contributed by atoms with Crippen LogP contribution in [-0.4, -0.2) is 17.1 Å². The van der Waals surface area contributed by atoms with Crippen molar-refractivity contribution in [2.24, 2.45) is 10.8 Å². The number of nitrogens with one attached hydrogen (secondary N) is 2. The van der Waals surface area contributed by atoms with Crippen molar-refractivity contribution in [3.8, 4) is 0 Å². The molecule has 1 heterocycles. The second-order valence-corrected chi connectivity index (χ2v) is 2.18. The topological polar surface area (TPSA) is 131 Å². The van der Waals surface area contributed by atoms with Crippen LogP contribution in [0, 0.1) is 15.5 Å². The molecule has 0 atom stereocenters. The minimum atomic E-state index is -0.663. The quantitative estimate of drug-likeness (QED) is 0.202. The van der Waals surface area contributed by atoms with Crippen molar-refractivity contribution in [1.82, 2.24) is 5.43 Å². The van der Waals surface area contributed by atoms with Crippen molar-refractivity contribution >= 4 is 18.1 Å². The summed E-state index contributed by atoms with van der Waals surface area (Å²) >= 11 is 0. The summed E-state index contributed by atoms with van der Waals surface area (Å²) in [7, 11) is 0. The molecule has 0 aliphatic carbocycles. The van der Waals surface area contributed by atoms with Gasteiger partial charge in [-0.1, -0.05) is 0 Å². The third-order valence-electron chi connectivity index (χ3n) is 1.25. The summed E-state index contributed by atoms with van der Waals surface area (Å²) < 4.78 is 4.73. The van der Waals surface area contributed by atoms with Crippen LogP contribution < -0.4 is 11.3 Å². The van der Waals surface area contributed by atoms with Gasteiger partial charge in [-0.25, -0.2) is 10.8 Å². The highest BCUT2D eigenvalue weighted by Crippen LogP contribution is 2.13. The lowest BCUT2D eigenvalue weighted by molar-refractivity contribution is -0.402. The Balaban J connectivity index is 2.73. The van der Waals surface area contributed by atoms with E-state index >= 15 is 0 Å². The Bertz CT molecular complexity index is 383. The molecule has 0 radical (unpaired) electrons. The van der Waals surface area contributed by atoms with Crippen molar-refractivity contribution < 1.29 is 9.34 Å². The predicted octanol–water partition coefficient (Wildman–Crippen LogP) is 0.00477. The van der Waals surface area contributed by atoms with Gasteiger partial charge in [-0.3, -0.25) is 20.9 Å². The number of hydrogen-bond acceptors (Lipinski definition) is 5. The van der Waals surface area contributed by atoms with E-state index < -0.39 is 4.92 Å². The molecule has 1 aromatic heterocycles. The van der Waals surface area contributed by atoms with E-state index in [2.05, 4.69) is 4.99 Å². The molecule has 0 saturated carbocycles. The average molecular weight is 197 g/mol. The van der Waals surface area contributed by atoms with Crippen LogP contribution in [0.25, 0.3) is 0 Å². The Kier molecular flexibility index (Phi) is 2.92. The summed E-state index contributed by atoms with van der Waals surface area (Å²) in [4.78, 5) is 13.0. The molecular weight excluding hydrogens is 190 g/mol. The third kappa shape index (κ3) is 2.38. The molecule has 0 aliphatic rings. The maximum Gasteiger partial charge on any atom is 0.433 e. The van der Waals surface area contributed by atoms with E-state index in [-0.39, 0.29) is 17.6 Å². The van der Waals surface area contributed by atoms with Crippen LogP contribution in [0.15, 0.2) is 21.5 Å². The van der Waals surface area contributed by atoms with Crippen LogP contribution >= 0.6 is 0 Å². The van der Waals surface area contributed by atoms with Crippen molar-refractivity contribution in [3.63, 3.8) is 0 Å². The standard InChI is InChI=1S/C6H7N5O3/c7-6(10-8)9-3-4-1-2-5(14-4)11(12)13/h1-3H,8H2,(H2,7,10). The number of nitrogens with zero attached hydrogens (tertiary/aromatic N) is 2. The van der Waals surface area contributed by atoms with Crippen molar-refractivity contribution in [1.29, 1.82) is 5.41 Å². The molecule has 8 nitrogen and oxygen atoms in total. The second kappa shape index (κ2) is 4.14. The number of rotatable bonds is 2. The van der Waals surface area contributed by atoms with Gasteiger partial charge in [0.05, 0.1) is 12.3 Å². The summed E-state index contributed by atoms with van der Waals surface area (Å²) in [6, 6.07) is 2.56. The van der Waals surface area contributed by atoms with E-state index in [1.54, 1.807) is 0 Å². The van der Waals surface area contributed by atoms with Gasteiger partial charge in [0.1, 0.15) is 4.92 Å². The smallest absolute Gasteiger partial charge is 0.400 e. The molecule has 0 saturated heterocycles. The highest BCUT2D eigenvalue weighted by molar-refractivity contribution is 5.90. The van der Waals surface area contributed by atoms with E-state index in [4.69, 9.17) is 15.7 Å². The second-order valence-electron chi connectivity index (χ2n) is 2.18. The van der Waals surface area contributed by atoms with Gasteiger partial charge in [0.2, 0.25) is 5.96 Å². The molecule has 0 amide bonds. The zero-order chi connectivity index (χ0) is 10.6. The SMILES string of the molecule is N=C(N=Cc1ccc([N+](=O)[O-])o1)NN. The van der Waals surface area contributed by atoms with Crippen molar-refractivity contribution in [3.05, 3.63) is 28.0 Å². The van der Waals surface area contributed by atoms with Crippen molar-refractivity contribution in [2.75, 3.05) is 0 Å². The minimum Gasteiger partial charge on any atom is -0.400 e. The molecule has 0 spiro atoms. The molecule has 4 N–H and O–H groups in total. The van der Waals surface area contributed by atoms with Gasteiger partial charge >= 0.3 is 5.88 Å². The first-order chi connectivity index (χ1) is 6.63. The first kappa shape index (κ1) is 9.86. The number of aliphatic imine (C=N–C) groups is 1. The lowest BCUT2D eigenvalue weighted by Crippen LogP contribution is -2.27. The zero-order valence-electron chi connectivity index (χ0n) is 6.93. The van der Waals surface area contributed by atoms with Crippen LogP contribution in [0.2, 0.25) is 0 Å². The first-order valence-electron chi connectivity index (χ1n) is 3.47. The number of guanidine groups is 1. The van der Waals surface area contributed by atoms with Gasteiger partial charge in [-0.15, -0.1) is 0 Å². The molecule has 0 aromatic carbocycles. The van der Waals surface area contributed by atoms with E-state index in [0.29, 0.717) is 0 Å². The van der Waals surface area contributed by atoms with Crippen LogP contribution in [0.1, 0.15) is 5.76 Å². The molecule has 1 aromatic rings. The molecule has 0 unspecified atom stereocenters. The highest BCUT2D eigenvalue weighted by Gasteiger charge is 2.09. The number of hydrogen-bond donors (Lipinski definition) is 3. The monoisotopic (exact) mass is 197 g/mol. The lowest BCUT2D eigenvalue weighted by atomic mass is 10.5. The Hall–Kier alpha value is -2.22. The molecule has 0 bridgehead atoms. The largest absolute Gasteiger partial charge is 0.433 e. The molecule has 14 heavy (non-hydrogen) atoms. The fourth-order valence-corrected chi connectivity index (χ4v) is 0.675. The maximum atomic E-state index is 10.2. The summed E-state index contributed by atoms with van der Waals surface area (Å²) in [5.74, 6) is 4.39. The fourth-order valence-electron chi connectivity index (χ4n) is 0.675. The number of furan rings is 1. The lowest BCUT2D eigenvalue weighted by Gasteiger charge is -1.90. The Morgan fingerprint density at radius 2 is 2.50 bits per heavy atom. The minimum absolute atomic E-state index is 0.178. The number of hydrazine groups is 1. The van der Waals surface area contributed by atoms with Crippen LogP contribution in [-0.2, 0) is 0 Å². The molecule has 0 aliphatic heterocycles. The van der Waals surface area contributed by atoms with E-state index in [1.807, 2.05) is 5.43 Å². The van der Waals surface area contributed by atoms with E-state index in [1.165, 1.54) is 12.1 Å². The van der Waals surface area contributed by atoms with Gasteiger partial charge in [0.15, 0.2) is 5.76 Å². The number of nitrogens with two attached hydrogens (primary N) is 1. The summed E-state index contributed by atoms with van der Waals surface area (Å²) in [6.45, 7) is 0. The first-order valence-corrected chi connectivity index (χ1v) is 3.47. The van der Waals surface area contributed by atoms with Crippen LogP contribution in [0.4, 0.5) is 5.88 Å². The Morgan fingerprint density at radius 3 is 3.00 bits per heavy atom. The van der Waals surface area contributed by atoms with Gasteiger partial charge in [0.25, 0.3) is 0 Å². The average Bonchev–Trinajstić information content (AvgIpc) is 2.62. The van der Waals surface area contributed by atoms with Crippen LogP contribution in [0.5, 0.6) is 0 Å². The molecule has 8 heteroatoms. The normalized spacial score (nSPS) is 10.4. The number of nitro groups is 1. The molecule has 1 rings (SSSR count). The van der Waals surface area contributed by atoms with Gasteiger partial charge in [-0.2, -0.15) is 0 Å². The zero-order valence-corrected chi connectivity index (χ0v) is 6.93. The fraction of sp³-hybridized carbons (Fsp3) is 0. The molecular formula is C6H7N5O3. The molecule has 74 valence electrons. The van der Waals surface area contributed by atoms with E-state index in [9.17, 15) is 10.1 Å². The van der Waals surface area contributed by atoms with Gasteiger partial charge in [-0.05, 0) is 6.07 Å². The molecule has 0 fully saturated rings. The van der Waals surface area contributed by atoms with Crippen molar-refractivity contribution in [2.45, 2.75) is 0 Å². The third-order valence-corrected chi connectivity index (χ3v) is 1.25.